The summed E-state index contributed by atoms with van der Waals surface area (Å²) >= 11 is 5.86. The SMILES string of the molecule is CCOC(=O)c1ccc(Cl)c(C(=O)OCC)c1. The smallest absolute Gasteiger partial charge is 0.339 e. The zero-order valence-corrected chi connectivity index (χ0v) is 10.4. The Morgan fingerprint density at radius 2 is 1.71 bits per heavy atom. The van der Waals surface area contributed by atoms with Crippen molar-refractivity contribution in [3.05, 3.63) is 34.3 Å². The normalized spacial score (nSPS) is 9.82. The van der Waals surface area contributed by atoms with Gasteiger partial charge in [0.05, 0.1) is 29.4 Å². The van der Waals surface area contributed by atoms with E-state index in [1.165, 1.54) is 18.2 Å². The van der Waals surface area contributed by atoms with Crippen LogP contribution in [-0.2, 0) is 9.47 Å². The maximum Gasteiger partial charge on any atom is 0.339 e. The summed E-state index contributed by atoms with van der Waals surface area (Å²) in [4.78, 5) is 23.0. The highest BCUT2D eigenvalue weighted by Crippen LogP contribution is 2.19. The van der Waals surface area contributed by atoms with Gasteiger partial charge in [-0.05, 0) is 32.0 Å². The van der Waals surface area contributed by atoms with E-state index in [-0.39, 0.29) is 29.4 Å². The Hall–Kier alpha value is -1.55. The van der Waals surface area contributed by atoms with Crippen molar-refractivity contribution in [2.45, 2.75) is 13.8 Å². The molecule has 1 rings (SSSR count). The number of rotatable bonds is 4. The number of esters is 2. The van der Waals surface area contributed by atoms with Crippen molar-refractivity contribution in [1.82, 2.24) is 0 Å². The lowest BCUT2D eigenvalue weighted by Gasteiger charge is -2.06. The number of carbonyl (C=O) groups excluding carboxylic acids is 2. The summed E-state index contributed by atoms with van der Waals surface area (Å²) in [7, 11) is 0. The number of benzene rings is 1. The predicted molar refractivity (Wildman–Crippen MR) is 63.4 cm³/mol. The number of ether oxygens (including phenoxy) is 2. The summed E-state index contributed by atoms with van der Waals surface area (Å²) in [5.74, 6) is -1.04. The van der Waals surface area contributed by atoms with Gasteiger partial charge in [-0.15, -0.1) is 0 Å². The molecule has 0 amide bonds. The fraction of sp³-hybridized carbons (Fsp3) is 0.333. The van der Waals surface area contributed by atoms with Crippen LogP contribution in [-0.4, -0.2) is 25.2 Å². The van der Waals surface area contributed by atoms with Gasteiger partial charge in [-0.2, -0.15) is 0 Å². The zero-order valence-electron chi connectivity index (χ0n) is 9.66. The summed E-state index contributed by atoms with van der Waals surface area (Å²) in [6.07, 6.45) is 0. The first kappa shape index (κ1) is 13.5. The lowest BCUT2D eigenvalue weighted by Crippen LogP contribution is -2.09. The van der Waals surface area contributed by atoms with Gasteiger partial charge < -0.3 is 9.47 Å². The lowest BCUT2D eigenvalue weighted by atomic mass is 10.1. The van der Waals surface area contributed by atoms with Crippen LogP contribution in [0.15, 0.2) is 18.2 Å². The van der Waals surface area contributed by atoms with Crippen LogP contribution in [0.2, 0.25) is 5.02 Å². The summed E-state index contributed by atoms with van der Waals surface area (Å²) in [6, 6.07) is 4.35. The molecule has 0 aliphatic heterocycles. The van der Waals surface area contributed by atoms with Gasteiger partial charge in [0.15, 0.2) is 0 Å². The van der Waals surface area contributed by atoms with Crippen LogP contribution in [0.3, 0.4) is 0 Å². The third-order valence-corrected chi connectivity index (χ3v) is 2.30. The van der Waals surface area contributed by atoms with Gasteiger partial charge >= 0.3 is 11.9 Å². The molecule has 0 heterocycles. The van der Waals surface area contributed by atoms with Crippen molar-refractivity contribution in [2.75, 3.05) is 13.2 Å². The monoisotopic (exact) mass is 256 g/mol. The van der Waals surface area contributed by atoms with Crippen LogP contribution in [0.1, 0.15) is 34.6 Å². The summed E-state index contributed by atoms with van der Waals surface area (Å²) < 4.78 is 9.66. The molecular weight excluding hydrogens is 244 g/mol. The lowest BCUT2D eigenvalue weighted by molar-refractivity contribution is 0.0525. The van der Waals surface area contributed by atoms with Gasteiger partial charge in [-0.3, -0.25) is 0 Å². The van der Waals surface area contributed by atoms with Gasteiger partial charge in [0.2, 0.25) is 0 Å². The number of hydrogen-bond donors (Lipinski definition) is 0. The Morgan fingerprint density at radius 1 is 1.12 bits per heavy atom. The van der Waals surface area contributed by atoms with E-state index in [2.05, 4.69) is 0 Å². The van der Waals surface area contributed by atoms with Gasteiger partial charge in [-0.25, -0.2) is 9.59 Å². The molecule has 0 radical (unpaired) electrons. The molecule has 0 saturated carbocycles. The maximum atomic E-state index is 11.5. The van der Waals surface area contributed by atoms with Crippen molar-refractivity contribution in [3.8, 4) is 0 Å². The number of hydrogen-bond acceptors (Lipinski definition) is 4. The molecule has 0 aromatic heterocycles. The van der Waals surface area contributed by atoms with Crippen molar-refractivity contribution < 1.29 is 19.1 Å². The fourth-order valence-electron chi connectivity index (χ4n) is 1.23. The average Bonchev–Trinajstić information content (AvgIpc) is 2.30. The van der Waals surface area contributed by atoms with E-state index in [0.29, 0.717) is 0 Å². The van der Waals surface area contributed by atoms with Crippen molar-refractivity contribution >= 4 is 23.5 Å². The number of carbonyl (C=O) groups is 2. The van der Waals surface area contributed by atoms with Crippen LogP contribution in [0.4, 0.5) is 0 Å². The third-order valence-electron chi connectivity index (χ3n) is 1.97. The van der Waals surface area contributed by atoms with E-state index >= 15 is 0 Å². The Bertz CT molecular complexity index is 429. The second kappa shape index (κ2) is 6.25. The quantitative estimate of drug-likeness (QED) is 0.777. The Morgan fingerprint density at radius 3 is 2.29 bits per heavy atom. The summed E-state index contributed by atoms with van der Waals surface area (Å²) in [6.45, 7) is 3.93. The second-order valence-electron chi connectivity index (χ2n) is 3.14. The van der Waals surface area contributed by atoms with Crippen LogP contribution in [0.5, 0.6) is 0 Å². The van der Waals surface area contributed by atoms with Gasteiger partial charge in [0.25, 0.3) is 0 Å². The van der Waals surface area contributed by atoms with E-state index in [0.717, 1.165) is 0 Å². The fourth-order valence-corrected chi connectivity index (χ4v) is 1.43. The molecule has 1 aromatic carbocycles. The van der Waals surface area contributed by atoms with Crippen molar-refractivity contribution in [3.63, 3.8) is 0 Å². The van der Waals surface area contributed by atoms with Crippen LogP contribution < -0.4 is 0 Å². The first-order valence-electron chi connectivity index (χ1n) is 5.24. The maximum absolute atomic E-state index is 11.5. The molecule has 4 nitrogen and oxygen atoms in total. The third kappa shape index (κ3) is 3.46. The van der Waals surface area contributed by atoms with E-state index in [9.17, 15) is 9.59 Å². The Kier molecular flexibility index (Phi) is 4.97. The molecule has 0 aliphatic rings. The molecule has 92 valence electrons. The molecule has 5 heteroatoms. The van der Waals surface area contributed by atoms with E-state index in [4.69, 9.17) is 21.1 Å². The zero-order chi connectivity index (χ0) is 12.8. The van der Waals surface area contributed by atoms with Gasteiger partial charge in [0, 0.05) is 0 Å². The Labute approximate surface area is 104 Å². The first-order chi connectivity index (χ1) is 8.10. The van der Waals surface area contributed by atoms with Gasteiger partial charge in [-0.1, -0.05) is 11.6 Å². The standard InChI is InChI=1S/C12H13ClO4/c1-3-16-11(14)8-5-6-10(13)9(7-8)12(15)17-4-2/h5-7H,3-4H2,1-2H3. The molecule has 17 heavy (non-hydrogen) atoms. The summed E-state index contributed by atoms with van der Waals surface area (Å²) in [5.41, 5.74) is 0.443. The number of halogens is 1. The average molecular weight is 257 g/mol. The van der Waals surface area contributed by atoms with Crippen LogP contribution >= 0.6 is 11.6 Å². The topological polar surface area (TPSA) is 52.6 Å². The second-order valence-corrected chi connectivity index (χ2v) is 3.54. The highest BCUT2D eigenvalue weighted by molar-refractivity contribution is 6.33. The van der Waals surface area contributed by atoms with E-state index in [1.54, 1.807) is 13.8 Å². The highest BCUT2D eigenvalue weighted by atomic mass is 35.5. The highest BCUT2D eigenvalue weighted by Gasteiger charge is 2.15. The molecule has 1 aromatic rings. The Balaban J connectivity index is 3.02. The van der Waals surface area contributed by atoms with Crippen LogP contribution in [0.25, 0.3) is 0 Å². The van der Waals surface area contributed by atoms with Crippen LogP contribution in [0, 0.1) is 0 Å². The van der Waals surface area contributed by atoms with Crippen molar-refractivity contribution in [1.29, 1.82) is 0 Å². The minimum absolute atomic E-state index is 0.166. The molecule has 0 bridgehead atoms. The largest absolute Gasteiger partial charge is 0.462 e. The molecule has 0 spiro atoms. The molecular formula is C12H13ClO4. The first-order valence-corrected chi connectivity index (χ1v) is 5.61. The van der Waals surface area contributed by atoms with E-state index in [1.807, 2.05) is 0 Å². The minimum Gasteiger partial charge on any atom is -0.462 e. The molecule has 0 aliphatic carbocycles. The minimum atomic E-state index is -0.552. The molecule has 0 atom stereocenters. The van der Waals surface area contributed by atoms with Crippen molar-refractivity contribution in [2.24, 2.45) is 0 Å². The molecule has 0 unspecified atom stereocenters. The van der Waals surface area contributed by atoms with E-state index < -0.39 is 11.9 Å². The molecule has 0 saturated heterocycles. The van der Waals surface area contributed by atoms with Gasteiger partial charge in [0.1, 0.15) is 0 Å². The predicted octanol–water partition coefficient (Wildman–Crippen LogP) is 2.69. The molecule has 0 fully saturated rings. The summed E-state index contributed by atoms with van der Waals surface area (Å²) in [5, 5.41) is 0.247. The molecule has 0 N–H and O–H groups in total.